The third kappa shape index (κ3) is 3.91. The predicted molar refractivity (Wildman–Crippen MR) is 89.3 cm³/mol. The molecular formula is C18H19F3N2O4. The van der Waals surface area contributed by atoms with Gasteiger partial charge in [-0.05, 0) is 43.9 Å². The Hall–Kier alpha value is -2.58. The lowest BCUT2D eigenvalue weighted by atomic mass is 10.00. The molecule has 2 aliphatic rings. The molecule has 0 aromatic heterocycles. The van der Waals surface area contributed by atoms with Crippen molar-refractivity contribution in [1.29, 1.82) is 0 Å². The number of benzene rings is 1. The fourth-order valence-corrected chi connectivity index (χ4v) is 3.57. The molecule has 2 heterocycles. The molecule has 0 spiro atoms. The summed E-state index contributed by atoms with van der Waals surface area (Å²) in [5, 5.41) is 9.32. The van der Waals surface area contributed by atoms with Crippen LogP contribution in [0.1, 0.15) is 48.0 Å². The van der Waals surface area contributed by atoms with Crippen molar-refractivity contribution >= 4 is 23.5 Å². The van der Waals surface area contributed by atoms with E-state index in [0.717, 1.165) is 17.0 Å². The van der Waals surface area contributed by atoms with E-state index in [1.165, 1.54) is 11.0 Å². The van der Waals surface area contributed by atoms with E-state index in [9.17, 15) is 32.7 Å². The minimum Gasteiger partial charge on any atom is -0.480 e. The van der Waals surface area contributed by atoms with Crippen LogP contribution in [0.3, 0.4) is 0 Å². The van der Waals surface area contributed by atoms with Gasteiger partial charge in [0, 0.05) is 30.8 Å². The number of hydrogen-bond acceptors (Lipinski definition) is 3. The third-order valence-electron chi connectivity index (χ3n) is 4.93. The standard InChI is InChI=1S/C18H19F3N2O4/c19-18(20,21)12-8-11(9-13(10-12)22-7-3-5-15(22)24)16(25)23-6-2-1-4-14(23)17(26)27/h8-10,14H,1-7H2,(H,26,27). The van der Waals surface area contributed by atoms with Gasteiger partial charge in [0.05, 0.1) is 5.56 Å². The summed E-state index contributed by atoms with van der Waals surface area (Å²) in [5.74, 6) is -2.24. The number of carboxylic acids is 1. The van der Waals surface area contributed by atoms with E-state index in [-0.39, 0.29) is 43.1 Å². The van der Waals surface area contributed by atoms with E-state index in [4.69, 9.17) is 0 Å². The van der Waals surface area contributed by atoms with Crippen molar-refractivity contribution in [3.8, 4) is 0 Å². The molecule has 1 atom stereocenters. The van der Waals surface area contributed by atoms with Crippen molar-refractivity contribution in [3.05, 3.63) is 29.3 Å². The molecule has 1 N–H and O–H groups in total. The number of carbonyl (C=O) groups is 3. The molecule has 6 nitrogen and oxygen atoms in total. The van der Waals surface area contributed by atoms with Crippen LogP contribution in [0.2, 0.25) is 0 Å². The van der Waals surface area contributed by atoms with Gasteiger partial charge in [-0.3, -0.25) is 9.59 Å². The first-order chi connectivity index (χ1) is 12.7. The lowest BCUT2D eigenvalue weighted by molar-refractivity contribution is -0.143. The SMILES string of the molecule is O=C(O)C1CCCCN1C(=O)c1cc(N2CCCC2=O)cc(C(F)(F)F)c1. The number of rotatable bonds is 3. The third-order valence-corrected chi connectivity index (χ3v) is 4.93. The van der Waals surface area contributed by atoms with E-state index in [1.54, 1.807) is 0 Å². The minimum atomic E-state index is -4.69. The number of halogens is 3. The Morgan fingerprint density at radius 3 is 2.41 bits per heavy atom. The van der Waals surface area contributed by atoms with Gasteiger partial charge in [-0.2, -0.15) is 13.2 Å². The van der Waals surface area contributed by atoms with Gasteiger partial charge >= 0.3 is 12.1 Å². The first-order valence-corrected chi connectivity index (χ1v) is 8.75. The topological polar surface area (TPSA) is 77.9 Å². The number of nitrogens with zero attached hydrogens (tertiary/aromatic N) is 2. The predicted octanol–water partition coefficient (Wildman–Crippen LogP) is 2.91. The van der Waals surface area contributed by atoms with Crippen LogP contribution >= 0.6 is 0 Å². The highest BCUT2D eigenvalue weighted by molar-refractivity contribution is 6.00. The molecule has 2 fully saturated rings. The maximum atomic E-state index is 13.3. The van der Waals surface area contributed by atoms with Crippen molar-refractivity contribution in [2.75, 3.05) is 18.0 Å². The van der Waals surface area contributed by atoms with E-state index >= 15 is 0 Å². The first kappa shape index (κ1) is 19.2. The van der Waals surface area contributed by atoms with Gasteiger partial charge in [-0.1, -0.05) is 0 Å². The van der Waals surface area contributed by atoms with Crippen LogP contribution in [-0.4, -0.2) is 46.9 Å². The summed E-state index contributed by atoms with van der Waals surface area (Å²) in [7, 11) is 0. The van der Waals surface area contributed by atoms with Gasteiger partial charge in [0.2, 0.25) is 5.91 Å². The van der Waals surface area contributed by atoms with Crippen molar-refractivity contribution < 1.29 is 32.7 Å². The number of carboxylic acid groups (broad SMARTS) is 1. The van der Waals surface area contributed by atoms with Crippen LogP contribution in [0.15, 0.2) is 18.2 Å². The Balaban J connectivity index is 2.01. The van der Waals surface area contributed by atoms with Gasteiger partial charge < -0.3 is 14.9 Å². The second-order valence-electron chi connectivity index (χ2n) is 6.76. The lowest BCUT2D eigenvalue weighted by Gasteiger charge is -2.33. The summed E-state index contributed by atoms with van der Waals surface area (Å²) in [6.45, 7) is 0.458. The van der Waals surface area contributed by atoms with E-state index in [1.807, 2.05) is 0 Å². The average Bonchev–Trinajstić information content (AvgIpc) is 3.06. The minimum absolute atomic E-state index is 0.0135. The molecule has 2 saturated heterocycles. The Morgan fingerprint density at radius 2 is 1.81 bits per heavy atom. The summed E-state index contributed by atoms with van der Waals surface area (Å²) >= 11 is 0. The van der Waals surface area contributed by atoms with E-state index < -0.39 is 29.7 Å². The molecule has 27 heavy (non-hydrogen) atoms. The number of hydrogen-bond donors (Lipinski definition) is 1. The Morgan fingerprint density at radius 1 is 1.07 bits per heavy atom. The number of aliphatic carboxylic acids is 1. The zero-order chi connectivity index (χ0) is 19.8. The molecule has 0 aliphatic carbocycles. The molecule has 146 valence electrons. The molecule has 1 unspecified atom stereocenters. The van der Waals surface area contributed by atoms with Crippen LogP contribution < -0.4 is 4.90 Å². The molecule has 9 heteroatoms. The maximum Gasteiger partial charge on any atom is 0.416 e. The Labute approximate surface area is 153 Å². The van der Waals surface area contributed by atoms with Crippen molar-refractivity contribution in [2.24, 2.45) is 0 Å². The molecular weight excluding hydrogens is 365 g/mol. The highest BCUT2D eigenvalue weighted by Crippen LogP contribution is 2.35. The van der Waals surface area contributed by atoms with Gasteiger partial charge in [0.1, 0.15) is 6.04 Å². The number of likely N-dealkylation sites (tertiary alicyclic amines) is 1. The fourth-order valence-electron chi connectivity index (χ4n) is 3.57. The van der Waals surface area contributed by atoms with Crippen LogP contribution in [0.25, 0.3) is 0 Å². The van der Waals surface area contributed by atoms with Gasteiger partial charge in [-0.25, -0.2) is 4.79 Å². The molecule has 3 rings (SSSR count). The average molecular weight is 384 g/mol. The summed E-state index contributed by atoms with van der Waals surface area (Å²) in [4.78, 5) is 38.5. The largest absolute Gasteiger partial charge is 0.480 e. The zero-order valence-corrected chi connectivity index (χ0v) is 14.5. The summed E-state index contributed by atoms with van der Waals surface area (Å²) in [6.07, 6.45) is -2.43. The van der Waals surface area contributed by atoms with E-state index in [2.05, 4.69) is 0 Å². The number of anilines is 1. The normalized spacial score (nSPS) is 20.9. The van der Waals surface area contributed by atoms with Crippen molar-refractivity contribution in [2.45, 2.75) is 44.3 Å². The second-order valence-corrected chi connectivity index (χ2v) is 6.76. The lowest BCUT2D eigenvalue weighted by Crippen LogP contribution is -2.48. The smallest absolute Gasteiger partial charge is 0.416 e. The van der Waals surface area contributed by atoms with Gasteiger partial charge in [-0.15, -0.1) is 0 Å². The first-order valence-electron chi connectivity index (χ1n) is 8.75. The summed E-state index contributed by atoms with van der Waals surface area (Å²) in [6, 6.07) is 1.76. The quantitative estimate of drug-likeness (QED) is 0.869. The zero-order valence-electron chi connectivity index (χ0n) is 14.5. The molecule has 0 saturated carbocycles. The monoisotopic (exact) mass is 384 g/mol. The molecule has 1 aromatic rings. The molecule has 2 aliphatic heterocycles. The highest BCUT2D eigenvalue weighted by Gasteiger charge is 2.36. The summed E-state index contributed by atoms with van der Waals surface area (Å²) < 4.78 is 40.0. The van der Waals surface area contributed by atoms with Crippen molar-refractivity contribution in [3.63, 3.8) is 0 Å². The van der Waals surface area contributed by atoms with Gasteiger partial charge in [0.15, 0.2) is 0 Å². The summed E-state index contributed by atoms with van der Waals surface area (Å²) in [5.41, 5.74) is -1.28. The van der Waals surface area contributed by atoms with Crippen LogP contribution in [0, 0.1) is 0 Å². The maximum absolute atomic E-state index is 13.3. The Bertz CT molecular complexity index is 778. The fraction of sp³-hybridized carbons (Fsp3) is 0.500. The number of piperidine rings is 1. The van der Waals surface area contributed by atoms with Crippen LogP contribution in [0.4, 0.5) is 18.9 Å². The van der Waals surface area contributed by atoms with Gasteiger partial charge in [0.25, 0.3) is 5.91 Å². The van der Waals surface area contributed by atoms with Crippen LogP contribution in [-0.2, 0) is 15.8 Å². The second kappa shape index (κ2) is 7.21. The number of carbonyl (C=O) groups excluding carboxylic acids is 2. The molecule has 2 amide bonds. The molecule has 0 radical (unpaired) electrons. The number of amides is 2. The van der Waals surface area contributed by atoms with E-state index in [0.29, 0.717) is 19.3 Å². The van der Waals surface area contributed by atoms with Crippen LogP contribution in [0.5, 0.6) is 0 Å². The Kier molecular flexibility index (Phi) is 5.12. The number of alkyl halides is 3. The highest BCUT2D eigenvalue weighted by atomic mass is 19.4. The molecule has 0 bridgehead atoms. The van der Waals surface area contributed by atoms with Crippen molar-refractivity contribution in [1.82, 2.24) is 4.90 Å². The molecule has 1 aromatic carbocycles.